The van der Waals surface area contributed by atoms with Gasteiger partial charge in [-0.15, -0.1) is 6.58 Å². The van der Waals surface area contributed by atoms with Crippen LogP contribution in [0.2, 0.25) is 0 Å². The summed E-state index contributed by atoms with van der Waals surface area (Å²) in [5.74, 6) is -1.08. The summed E-state index contributed by atoms with van der Waals surface area (Å²) in [6, 6.07) is 5.95. The molecule has 1 aliphatic heterocycles. The molecule has 1 aromatic rings. The van der Waals surface area contributed by atoms with Gasteiger partial charge in [0.25, 0.3) is 11.8 Å². The molecular weight excluding hydrogens is 308 g/mol. The Kier molecular flexibility index (Phi) is 4.78. The lowest BCUT2D eigenvalue weighted by atomic mass is 10.1. The Labute approximate surface area is 141 Å². The first-order valence-electron chi connectivity index (χ1n) is 7.83. The summed E-state index contributed by atoms with van der Waals surface area (Å²) in [6.45, 7) is 10.7. The Morgan fingerprint density at radius 2 is 1.75 bits per heavy atom. The van der Waals surface area contributed by atoms with Crippen LogP contribution in [0.25, 0.3) is 0 Å². The second-order valence-corrected chi connectivity index (χ2v) is 6.50. The average Bonchev–Trinajstić information content (AvgIpc) is 2.75. The summed E-state index contributed by atoms with van der Waals surface area (Å²) in [5.41, 5.74) is -0.210. The predicted molar refractivity (Wildman–Crippen MR) is 89.3 cm³/mol. The number of ether oxygens (including phenoxy) is 1. The van der Waals surface area contributed by atoms with Crippen molar-refractivity contribution in [2.24, 2.45) is 0 Å². The number of nitrogens with zero attached hydrogens (tertiary/aromatic N) is 2. The summed E-state index contributed by atoms with van der Waals surface area (Å²) in [7, 11) is 0. The molecular formula is C18H22N2O4. The molecule has 0 radical (unpaired) electrons. The van der Waals surface area contributed by atoms with Gasteiger partial charge in [-0.25, -0.2) is 9.80 Å². The lowest BCUT2D eigenvalue weighted by molar-refractivity contribution is -0.0385. The van der Waals surface area contributed by atoms with Crippen molar-refractivity contribution in [1.82, 2.24) is 10.0 Å². The maximum absolute atomic E-state index is 12.7. The molecule has 0 N–H and O–H groups in total. The summed E-state index contributed by atoms with van der Waals surface area (Å²) in [6.07, 6.45) is 1.24. The topological polar surface area (TPSA) is 66.9 Å². The number of benzene rings is 1. The van der Waals surface area contributed by atoms with Crippen LogP contribution >= 0.6 is 0 Å². The number of hydrazine groups is 1. The largest absolute Gasteiger partial charge is 0.442 e. The van der Waals surface area contributed by atoms with E-state index < -0.39 is 29.6 Å². The number of amides is 3. The molecule has 1 aliphatic rings. The maximum Gasteiger partial charge on any atom is 0.430 e. The van der Waals surface area contributed by atoms with Crippen LogP contribution in [0, 0.1) is 0 Å². The fourth-order valence-corrected chi connectivity index (χ4v) is 2.49. The molecule has 6 nitrogen and oxygen atoms in total. The summed E-state index contributed by atoms with van der Waals surface area (Å²) in [4.78, 5) is 38.0. The maximum atomic E-state index is 12.7. The molecule has 0 saturated heterocycles. The zero-order valence-electron chi connectivity index (χ0n) is 14.4. The van der Waals surface area contributed by atoms with E-state index >= 15 is 0 Å². The van der Waals surface area contributed by atoms with Crippen molar-refractivity contribution in [2.75, 3.05) is 0 Å². The molecule has 0 aliphatic carbocycles. The van der Waals surface area contributed by atoms with Crippen molar-refractivity contribution >= 4 is 17.9 Å². The predicted octanol–water partition coefficient (Wildman–Crippen LogP) is 3.40. The monoisotopic (exact) mass is 330 g/mol. The minimum absolute atomic E-state index is 0.273. The van der Waals surface area contributed by atoms with E-state index in [-0.39, 0.29) is 11.1 Å². The third-order valence-electron chi connectivity index (χ3n) is 3.57. The van der Waals surface area contributed by atoms with Crippen molar-refractivity contribution in [1.29, 1.82) is 0 Å². The molecule has 0 spiro atoms. The van der Waals surface area contributed by atoms with E-state index in [1.165, 1.54) is 6.08 Å². The molecule has 0 fully saturated rings. The normalized spacial score (nSPS) is 15.1. The summed E-state index contributed by atoms with van der Waals surface area (Å²) < 4.78 is 5.39. The third-order valence-corrected chi connectivity index (χ3v) is 3.57. The van der Waals surface area contributed by atoms with Crippen LogP contribution in [0.15, 0.2) is 36.9 Å². The Morgan fingerprint density at radius 3 is 2.12 bits per heavy atom. The van der Waals surface area contributed by atoms with Crippen molar-refractivity contribution in [2.45, 2.75) is 45.8 Å². The number of fused-ring (bicyclic) bond motifs is 1. The first kappa shape index (κ1) is 17.7. The van der Waals surface area contributed by atoms with Crippen LogP contribution in [0.3, 0.4) is 0 Å². The SMILES string of the molecule is C=C[C@H](CC)N(C(=O)OC(C)(C)C)N1C(=O)c2ccccc2C1=O. The van der Waals surface area contributed by atoms with Gasteiger partial charge in [0.1, 0.15) is 5.60 Å². The molecule has 128 valence electrons. The molecule has 1 atom stereocenters. The number of hydrogen-bond donors (Lipinski definition) is 0. The molecule has 0 saturated carbocycles. The van der Waals surface area contributed by atoms with Crippen molar-refractivity contribution in [3.63, 3.8) is 0 Å². The van der Waals surface area contributed by atoms with Gasteiger partial charge >= 0.3 is 6.09 Å². The first-order valence-corrected chi connectivity index (χ1v) is 7.83. The second kappa shape index (κ2) is 6.47. The van der Waals surface area contributed by atoms with Crippen LogP contribution in [-0.4, -0.2) is 39.6 Å². The zero-order valence-corrected chi connectivity index (χ0v) is 14.4. The van der Waals surface area contributed by atoms with Gasteiger partial charge < -0.3 is 4.74 Å². The van der Waals surface area contributed by atoms with E-state index in [0.717, 1.165) is 10.0 Å². The fraction of sp³-hybridized carbons (Fsp3) is 0.389. The van der Waals surface area contributed by atoms with E-state index in [1.807, 2.05) is 6.92 Å². The van der Waals surface area contributed by atoms with Gasteiger partial charge in [0.05, 0.1) is 17.2 Å². The Morgan fingerprint density at radius 1 is 1.25 bits per heavy atom. The van der Waals surface area contributed by atoms with E-state index in [2.05, 4.69) is 6.58 Å². The first-order chi connectivity index (χ1) is 11.2. The van der Waals surface area contributed by atoms with Gasteiger partial charge in [-0.1, -0.05) is 25.1 Å². The number of rotatable bonds is 4. The number of carbonyl (C=O) groups is 3. The number of imide groups is 1. The standard InChI is InChI=1S/C18H22N2O4/c1-6-12(7-2)19(17(23)24-18(3,4)5)20-15(21)13-10-8-9-11-14(13)16(20)22/h6,8-12H,1,7H2,2-5H3/t12-/m1/s1. The molecule has 1 aromatic carbocycles. The molecule has 6 heteroatoms. The molecule has 1 heterocycles. The molecule has 0 bridgehead atoms. The van der Waals surface area contributed by atoms with Crippen molar-refractivity contribution in [3.05, 3.63) is 48.0 Å². The highest BCUT2D eigenvalue weighted by molar-refractivity contribution is 6.21. The molecule has 0 aromatic heterocycles. The molecule has 24 heavy (non-hydrogen) atoms. The van der Waals surface area contributed by atoms with Gasteiger partial charge in [-0.05, 0) is 39.3 Å². The quantitative estimate of drug-likeness (QED) is 0.627. The minimum Gasteiger partial charge on any atom is -0.442 e. The summed E-state index contributed by atoms with van der Waals surface area (Å²) in [5, 5.41) is 1.91. The Hall–Kier alpha value is -2.63. The third kappa shape index (κ3) is 3.18. The van der Waals surface area contributed by atoms with E-state index in [4.69, 9.17) is 4.74 Å². The number of carbonyl (C=O) groups excluding carboxylic acids is 3. The molecule has 3 amide bonds. The fourth-order valence-electron chi connectivity index (χ4n) is 2.49. The van der Waals surface area contributed by atoms with Crippen molar-refractivity contribution < 1.29 is 19.1 Å². The smallest absolute Gasteiger partial charge is 0.430 e. The highest BCUT2D eigenvalue weighted by Gasteiger charge is 2.44. The molecule has 0 unspecified atom stereocenters. The Bertz CT molecular complexity index is 656. The van der Waals surface area contributed by atoms with Gasteiger partial charge in [-0.2, -0.15) is 5.01 Å². The van der Waals surface area contributed by atoms with E-state index in [0.29, 0.717) is 6.42 Å². The van der Waals surface area contributed by atoms with Crippen LogP contribution in [0.5, 0.6) is 0 Å². The zero-order chi connectivity index (χ0) is 18.1. The van der Waals surface area contributed by atoms with Gasteiger partial charge in [0, 0.05) is 0 Å². The van der Waals surface area contributed by atoms with Gasteiger partial charge in [0.2, 0.25) is 0 Å². The highest BCUT2D eigenvalue weighted by atomic mass is 16.6. The molecule has 2 rings (SSSR count). The summed E-state index contributed by atoms with van der Waals surface area (Å²) >= 11 is 0. The second-order valence-electron chi connectivity index (χ2n) is 6.50. The van der Waals surface area contributed by atoms with Crippen LogP contribution in [-0.2, 0) is 4.74 Å². The van der Waals surface area contributed by atoms with Crippen LogP contribution in [0.1, 0.15) is 54.8 Å². The lowest BCUT2D eigenvalue weighted by Crippen LogP contribution is -2.55. The Balaban J connectivity index is 2.45. The van der Waals surface area contributed by atoms with Gasteiger partial charge in [-0.3, -0.25) is 9.59 Å². The van der Waals surface area contributed by atoms with Crippen molar-refractivity contribution in [3.8, 4) is 0 Å². The minimum atomic E-state index is -0.760. The number of hydrogen-bond acceptors (Lipinski definition) is 4. The average molecular weight is 330 g/mol. The lowest BCUT2D eigenvalue weighted by Gasteiger charge is -2.35. The van der Waals surface area contributed by atoms with E-state index in [1.54, 1.807) is 45.0 Å². The highest BCUT2D eigenvalue weighted by Crippen LogP contribution is 2.27. The van der Waals surface area contributed by atoms with Crippen LogP contribution < -0.4 is 0 Å². The van der Waals surface area contributed by atoms with E-state index in [9.17, 15) is 14.4 Å². The van der Waals surface area contributed by atoms with Gasteiger partial charge in [0.15, 0.2) is 0 Å². The van der Waals surface area contributed by atoms with Crippen LogP contribution in [0.4, 0.5) is 4.79 Å².